The van der Waals surface area contributed by atoms with Gasteiger partial charge in [-0.25, -0.2) is 9.59 Å². The maximum Gasteiger partial charge on any atom is 0.339 e. The largest absolute Gasteiger partial charge is 0.462 e. The molecule has 0 saturated heterocycles. The number of aliphatic hydroxyl groups excluding tert-OH is 2. The number of benzene rings is 1. The topological polar surface area (TPSA) is 93.1 Å². The van der Waals surface area contributed by atoms with Crippen molar-refractivity contribution in [1.29, 1.82) is 0 Å². The lowest BCUT2D eigenvalue weighted by molar-refractivity contribution is -0.142. The zero-order valence-electron chi connectivity index (χ0n) is 17.4. The number of hydrogen-bond donors (Lipinski definition) is 2. The Morgan fingerprint density at radius 3 is 2.65 bits per heavy atom. The van der Waals surface area contributed by atoms with Crippen molar-refractivity contribution in [3.05, 3.63) is 78.4 Å². The minimum atomic E-state index is -0.960. The fourth-order valence-electron chi connectivity index (χ4n) is 3.67. The number of carbonyl (C=O) groups excluding carboxylic acids is 2. The second kappa shape index (κ2) is 10.9. The predicted octanol–water partition coefficient (Wildman–Crippen LogP) is 3.12. The van der Waals surface area contributed by atoms with Gasteiger partial charge in [-0.3, -0.25) is 0 Å². The molecule has 3 rings (SSSR count). The number of rotatable bonds is 10. The van der Waals surface area contributed by atoms with Crippen LogP contribution in [0.2, 0.25) is 0 Å². The highest BCUT2D eigenvalue weighted by Crippen LogP contribution is 2.32. The van der Waals surface area contributed by atoms with E-state index in [9.17, 15) is 19.8 Å². The maximum atomic E-state index is 12.4. The van der Waals surface area contributed by atoms with Crippen molar-refractivity contribution in [2.45, 2.75) is 44.0 Å². The summed E-state index contributed by atoms with van der Waals surface area (Å²) < 4.78 is 10.5. The summed E-state index contributed by atoms with van der Waals surface area (Å²) in [6.45, 7) is 3.33. The molecule has 0 amide bonds. The normalized spacial score (nSPS) is 21.8. The Kier molecular flexibility index (Phi) is 7.98. The van der Waals surface area contributed by atoms with Crippen LogP contribution in [0.4, 0.5) is 0 Å². The van der Waals surface area contributed by atoms with E-state index in [1.54, 1.807) is 0 Å². The molecule has 6 heteroatoms. The monoisotopic (exact) mass is 424 g/mol. The summed E-state index contributed by atoms with van der Waals surface area (Å²) >= 11 is 0. The van der Waals surface area contributed by atoms with Crippen LogP contribution in [0, 0.1) is 5.92 Å². The number of ether oxygens (including phenoxy) is 2. The average Bonchev–Trinajstić information content (AvgIpc) is 2.78. The van der Waals surface area contributed by atoms with Gasteiger partial charge in [0.1, 0.15) is 6.10 Å². The molecule has 2 N–H and O–H groups in total. The van der Waals surface area contributed by atoms with Gasteiger partial charge in [0.05, 0.1) is 24.4 Å². The van der Waals surface area contributed by atoms with Crippen molar-refractivity contribution in [3.8, 4) is 0 Å². The Balaban J connectivity index is 1.47. The van der Waals surface area contributed by atoms with Crippen molar-refractivity contribution in [1.82, 2.24) is 0 Å². The summed E-state index contributed by atoms with van der Waals surface area (Å²) in [6.07, 6.45) is 8.78. The average molecular weight is 424 g/mol. The molecule has 0 aromatic heterocycles. The molecular weight excluding hydrogens is 396 g/mol. The van der Waals surface area contributed by atoms with E-state index in [0.717, 1.165) is 17.2 Å². The first-order chi connectivity index (χ1) is 15.0. The number of hydrogen-bond acceptors (Lipinski definition) is 6. The molecular formula is C25H28O6. The molecule has 0 spiro atoms. The van der Waals surface area contributed by atoms with E-state index >= 15 is 0 Å². The molecule has 4 atom stereocenters. The molecule has 0 radical (unpaired) electrons. The number of aliphatic hydroxyl groups is 2. The molecule has 0 fully saturated rings. The molecule has 2 aliphatic rings. The van der Waals surface area contributed by atoms with Crippen LogP contribution in [0.5, 0.6) is 0 Å². The van der Waals surface area contributed by atoms with Gasteiger partial charge in [0.25, 0.3) is 0 Å². The van der Waals surface area contributed by atoms with Gasteiger partial charge in [0, 0.05) is 18.4 Å². The molecule has 0 saturated carbocycles. The SMILES string of the molecule is C=CC(=O)OCCC(O)C(O)CCCC1=CC2OC(=O)C(c3ccccc3)=CC2C=C1. The van der Waals surface area contributed by atoms with Gasteiger partial charge in [0.15, 0.2) is 0 Å². The molecule has 4 unspecified atom stereocenters. The summed E-state index contributed by atoms with van der Waals surface area (Å²) in [4.78, 5) is 23.4. The highest BCUT2D eigenvalue weighted by molar-refractivity contribution is 6.17. The third kappa shape index (κ3) is 6.26. The summed E-state index contributed by atoms with van der Waals surface area (Å²) in [5.74, 6) is -0.874. The molecule has 1 aliphatic heterocycles. The summed E-state index contributed by atoms with van der Waals surface area (Å²) in [5, 5.41) is 20.1. The third-order valence-corrected chi connectivity index (χ3v) is 5.43. The Morgan fingerprint density at radius 2 is 1.90 bits per heavy atom. The van der Waals surface area contributed by atoms with Gasteiger partial charge in [0.2, 0.25) is 0 Å². The van der Waals surface area contributed by atoms with Crippen LogP contribution in [-0.2, 0) is 19.1 Å². The smallest absolute Gasteiger partial charge is 0.339 e. The minimum Gasteiger partial charge on any atom is -0.462 e. The Bertz CT molecular complexity index is 883. The molecule has 0 bridgehead atoms. The van der Waals surface area contributed by atoms with Crippen LogP contribution in [-0.4, -0.2) is 47.1 Å². The van der Waals surface area contributed by atoms with E-state index in [2.05, 4.69) is 6.58 Å². The van der Waals surface area contributed by atoms with Crippen LogP contribution in [0.3, 0.4) is 0 Å². The van der Waals surface area contributed by atoms with E-state index in [1.807, 2.05) is 54.6 Å². The number of fused-ring (bicyclic) bond motifs is 1. The molecule has 6 nitrogen and oxygen atoms in total. The molecule has 1 heterocycles. The Labute approximate surface area is 182 Å². The predicted molar refractivity (Wildman–Crippen MR) is 117 cm³/mol. The van der Waals surface area contributed by atoms with Crippen molar-refractivity contribution >= 4 is 17.5 Å². The van der Waals surface area contributed by atoms with Crippen molar-refractivity contribution in [3.63, 3.8) is 0 Å². The third-order valence-electron chi connectivity index (χ3n) is 5.43. The number of esters is 2. The molecule has 1 aliphatic carbocycles. The van der Waals surface area contributed by atoms with E-state index in [0.29, 0.717) is 24.8 Å². The van der Waals surface area contributed by atoms with Crippen molar-refractivity contribution in [2.75, 3.05) is 6.61 Å². The summed E-state index contributed by atoms with van der Waals surface area (Å²) in [6, 6.07) is 9.48. The van der Waals surface area contributed by atoms with Gasteiger partial charge >= 0.3 is 11.9 Å². The van der Waals surface area contributed by atoms with Crippen LogP contribution in [0.25, 0.3) is 5.57 Å². The zero-order chi connectivity index (χ0) is 22.2. The van der Waals surface area contributed by atoms with Gasteiger partial charge < -0.3 is 19.7 Å². The van der Waals surface area contributed by atoms with E-state index in [1.165, 1.54) is 0 Å². The fourth-order valence-corrected chi connectivity index (χ4v) is 3.67. The van der Waals surface area contributed by atoms with Crippen LogP contribution >= 0.6 is 0 Å². The summed E-state index contributed by atoms with van der Waals surface area (Å²) in [5.41, 5.74) is 2.47. The lowest BCUT2D eigenvalue weighted by Gasteiger charge is -2.29. The summed E-state index contributed by atoms with van der Waals surface area (Å²) in [7, 11) is 0. The highest BCUT2D eigenvalue weighted by Gasteiger charge is 2.31. The van der Waals surface area contributed by atoms with Gasteiger partial charge in [-0.15, -0.1) is 0 Å². The van der Waals surface area contributed by atoms with E-state index in [-0.39, 0.29) is 31.0 Å². The maximum absolute atomic E-state index is 12.4. The standard InChI is InChI=1S/C25H28O6/c1-2-24(28)30-14-13-22(27)21(26)10-6-7-17-11-12-19-16-20(18-8-4-3-5-9-18)25(29)31-23(19)15-17/h2-5,8-9,11-12,15-16,19,21-23,26-27H,1,6-7,10,13-14H2. The molecule has 1 aromatic rings. The minimum absolute atomic E-state index is 0.00217. The first-order valence-electron chi connectivity index (χ1n) is 10.5. The van der Waals surface area contributed by atoms with E-state index < -0.39 is 18.2 Å². The van der Waals surface area contributed by atoms with Crippen LogP contribution in [0.15, 0.2) is 72.9 Å². The highest BCUT2D eigenvalue weighted by atomic mass is 16.5. The zero-order valence-corrected chi connectivity index (χ0v) is 17.4. The Morgan fingerprint density at radius 1 is 1.16 bits per heavy atom. The van der Waals surface area contributed by atoms with Gasteiger partial charge in [-0.1, -0.05) is 55.1 Å². The Hall–Kier alpha value is -2.96. The first kappa shape index (κ1) is 22.7. The second-order valence-electron chi connectivity index (χ2n) is 7.68. The second-order valence-corrected chi connectivity index (χ2v) is 7.68. The quantitative estimate of drug-likeness (QED) is 0.443. The van der Waals surface area contributed by atoms with Crippen LogP contribution < -0.4 is 0 Å². The van der Waals surface area contributed by atoms with Gasteiger partial charge in [-0.05, 0) is 36.5 Å². The number of allylic oxidation sites excluding steroid dienone is 2. The fraction of sp³-hybridized carbons (Fsp3) is 0.360. The molecule has 31 heavy (non-hydrogen) atoms. The number of carbonyl (C=O) groups is 2. The van der Waals surface area contributed by atoms with E-state index in [4.69, 9.17) is 9.47 Å². The first-order valence-corrected chi connectivity index (χ1v) is 10.5. The van der Waals surface area contributed by atoms with Crippen LogP contribution in [0.1, 0.15) is 31.2 Å². The lowest BCUT2D eigenvalue weighted by Crippen LogP contribution is -2.30. The molecule has 164 valence electrons. The van der Waals surface area contributed by atoms with Gasteiger partial charge in [-0.2, -0.15) is 0 Å². The van der Waals surface area contributed by atoms with Crippen molar-refractivity contribution in [2.24, 2.45) is 5.92 Å². The molecule has 1 aromatic carbocycles. The lowest BCUT2D eigenvalue weighted by atomic mass is 9.87. The van der Waals surface area contributed by atoms with Crippen molar-refractivity contribution < 1.29 is 29.3 Å².